The van der Waals surface area contributed by atoms with Crippen molar-refractivity contribution in [3.05, 3.63) is 18.1 Å². The fraction of sp³-hybridized carbons (Fsp3) is 0.600. The molecule has 1 heterocycles. The van der Waals surface area contributed by atoms with Crippen LogP contribution in [0.3, 0.4) is 0 Å². The van der Waals surface area contributed by atoms with Crippen molar-refractivity contribution < 1.29 is 9.47 Å². The van der Waals surface area contributed by atoms with E-state index >= 15 is 0 Å². The van der Waals surface area contributed by atoms with E-state index in [0.29, 0.717) is 25.6 Å². The summed E-state index contributed by atoms with van der Waals surface area (Å²) >= 11 is 0. The first-order valence-electron chi connectivity index (χ1n) is 5.04. The summed E-state index contributed by atoms with van der Waals surface area (Å²) in [4.78, 5) is 7.97. The number of nitrogen functional groups attached to an aromatic ring is 1. The van der Waals surface area contributed by atoms with Crippen LogP contribution in [0.25, 0.3) is 0 Å². The van der Waals surface area contributed by atoms with E-state index in [-0.39, 0.29) is 0 Å². The molecule has 0 bridgehead atoms. The van der Waals surface area contributed by atoms with E-state index in [9.17, 15) is 0 Å². The Bertz CT molecular complexity index is 264. The second-order valence-corrected chi connectivity index (χ2v) is 3.10. The van der Waals surface area contributed by atoms with Gasteiger partial charge in [-0.2, -0.15) is 0 Å². The van der Waals surface area contributed by atoms with E-state index in [1.807, 2.05) is 0 Å². The summed E-state index contributed by atoms with van der Waals surface area (Å²) in [6.45, 7) is 4.50. The van der Waals surface area contributed by atoms with Crippen molar-refractivity contribution in [1.82, 2.24) is 9.97 Å². The third-order valence-electron chi connectivity index (χ3n) is 1.70. The zero-order valence-electron chi connectivity index (χ0n) is 8.98. The number of nitrogens with zero attached hydrogens (tertiary/aromatic N) is 2. The lowest BCUT2D eigenvalue weighted by molar-refractivity contribution is 0.0396. The molecule has 0 fully saturated rings. The standard InChI is InChI=1S/C10H17N3O2/c1-2-3-14-4-5-15-8-9-6-13-10(11)7-12-9/h6-7H,2-5,8H2,1H3,(H2,11,13). The van der Waals surface area contributed by atoms with Crippen molar-refractivity contribution in [2.75, 3.05) is 25.6 Å². The lowest BCUT2D eigenvalue weighted by atomic mass is 10.5. The van der Waals surface area contributed by atoms with Crippen LogP contribution in [0.4, 0.5) is 5.82 Å². The maximum absolute atomic E-state index is 5.40. The highest BCUT2D eigenvalue weighted by molar-refractivity contribution is 5.22. The number of nitrogens with two attached hydrogens (primary N) is 1. The van der Waals surface area contributed by atoms with Crippen LogP contribution in [0.1, 0.15) is 19.0 Å². The molecule has 0 atom stereocenters. The Morgan fingerprint density at radius 2 is 1.93 bits per heavy atom. The van der Waals surface area contributed by atoms with E-state index in [0.717, 1.165) is 18.7 Å². The molecular weight excluding hydrogens is 194 g/mol. The lowest BCUT2D eigenvalue weighted by Gasteiger charge is -2.04. The maximum Gasteiger partial charge on any atom is 0.141 e. The van der Waals surface area contributed by atoms with Gasteiger partial charge in [0.1, 0.15) is 5.82 Å². The summed E-state index contributed by atoms with van der Waals surface area (Å²) in [5.74, 6) is 0.421. The minimum atomic E-state index is 0.421. The Kier molecular flexibility index (Phi) is 5.65. The topological polar surface area (TPSA) is 70.3 Å². The number of hydrogen-bond acceptors (Lipinski definition) is 5. The molecule has 5 nitrogen and oxygen atoms in total. The molecule has 0 spiro atoms. The van der Waals surface area contributed by atoms with Gasteiger partial charge in [0.2, 0.25) is 0 Å². The van der Waals surface area contributed by atoms with Crippen molar-refractivity contribution in [3.63, 3.8) is 0 Å². The van der Waals surface area contributed by atoms with Crippen molar-refractivity contribution in [2.24, 2.45) is 0 Å². The van der Waals surface area contributed by atoms with Crippen LogP contribution in [0.15, 0.2) is 12.4 Å². The highest BCUT2D eigenvalue weighted by atomic mass is 16.5. The molecule has 0 saturated carbocycles. The summed E-state index contributed by atoms with van der Waals surface area (Å²) in [5, 5.41) is 0. The van der Waals surface area contributed by atoms with Gasteiger partial charge >= 0.3 is 0 Å². The molecule has 2 N–H and O–H groups in total. The molecule has 0 aromatic carbocycles. The van der Waals surface area contributed by atoms with Crippen LogP contribution in [0.2, 0.25) is 0 Å². The molecule has 84 valence electrons. The SMILES string of the molecule is CCCOCCOCc1cnc(N)cn1. The Hall–Kier alpha value is -1.20. The first-order valence-corrected chi connectivity index (χ1v) is 5.04. The largest absolute Gasteiger partial charge is 0.382 e. The fourth-order valence-electron chi connectivity index (χ4n) is 0.980. The monoisotopic (exact) mass is 211 g/mol. The fourth-order valence-corrected chi connectivity index (χ4v) is 0.980. The van der Waals surface area contributed by atoms with E-state index < -0.39 is 0 Å². The number of hydrogen-bond donors (Lipinski definition) is 1. The second kappa shape index (κ2) is 7.14. The molecule has 1 rings (SSSR count). The minimum absolute atomic E-state index is 0.421. The Labute approximate surface area is 89.6 Å². The number of ether oxygens (including phenoxy) is 2. The van der Waals surface area contributed by atoms with E-state index in [1.54, 1.807) is 6.20 Å². The third kappa shape index (κ3) is 5.29. The molecule has 1 aromatic heterocycles. The van der Waals surface area contributed by atoms with Crippen LogP contribution < -0.4 is 5.73 Å². The van der Waals surface area contributed by atoms with Gasteiger partial charge in [0, 0.05) is 6.61 Å². The predicted molar refractivity (Wildman–Crippen MR) is 57.2 cm³/mol. The van der Waals surface area contributed by atoms with Crippen LogP contribution in [0, 0.1) is 0 Å². The maximum atomic E-state index is 5.40. The van der Waals surface area contributed by atoms with E-state index in [2.05, 4.69) is 16.9 Å². The molecule has 0 aliphatic carbocycles. The van der Waals surface area contributed by atoms with Gasteiger partial charge in [0.05, 0.1) is 37.9 Å². The Balaban J connectivity index is 2.07. The van der Waals surface area contributed by atoms with Gasteiger partial charge in [0.15, 0.2) is 0 Å². The van der Waals surface area contributed by atoms with Gasteiger partial charge in [-0.3, -0.25) is 4.98 Å². The van der Waals surface area contributed by atoms with Crippen LogP contribution in [0.5, 0.6) is 0 Å². The molecule has 0 amide bonds. The van der Waals surface area contributed by atoms with E-state index in [1.165, 1.54) is 6.20 Å². The smallest absolute Gasteiger partial charge is 0.141 e. The highest BCUT2D eigenvalue weighted by Crippen LogP contribution is 1.97. The van der Waals surface area contributed by atoms with Crippen molar-refractivity contribution in [1.29, 1.82) is 0 Å². The first kappa shape index (κ1) is 11.9. The predicted octanol–water partition coefficient (Wildman–Crippen LogP) is 1.00. The zero-order valence-corrected chi connectivity index (χ0v) is 8.98. The highest BCUT2D eigenvalue weighted by Gasteiger charge is 1.95. The summed E-state index contributed by atoms with van der Waals surface area (Å²) in [6.07, 6.45) is 4.16. The van der Waals surface area contributed by atoms with Gasteiger partial charge in [0.25, 0.3) is 0 Å². The minimum Gasteiger partial charge on any atom is -0.382 e. The van der Waals surface area contributed by atoms with Crippen LogP contribution >= 0.6 is 0 Å². The average Bonchev–Trinajstić information content (AvgIpc) is 2.26. The normalized spacial score (nSPS) is 10.5. The lowest BCUT2D eigenvalue weighted by Crippen LogP contribution is -2.06. The molecule has 0 aliphatic rings. The Morgan fingerprint density at radius 1 is 1.13 bits per heavy atom. The van der Waals surface area contributed by atoms with Crippen molar-refractivity contribution >= 4 is 5.82 Å². The van der Waals surface area contributed by atoms with Gasteiger partial charge in [-0.15, -0.1) is 0 Å². The van der Waals surface area contributed by atoms with Gasteiger partial charge in [-0.1, -0.05) is 6.92 Å². The number of rotatable bonds is 7. The van der Waals surface area contributed by atoms with Gasteiger partial charge in [-0.25, -0.2) is 4.98 Å². The number of anilines is 1. The van der Waals surface area contributed by atoms with Gasteiger partial charge < -0.3 is 15.2 Å². The Morgan fingerprint density at radius 3 is 2.60 bits per heavy atom. The number of aromatic nitrogens is 2. The third-order valence-corrected chi connectivity index (χ3v) is 1.70. The average molecular weight is 211 g/mol. The molecule has 5 heteroatoms. The summed E-state index contributed by atoms with van der Waals surface area (Å²) in [5.41, 5.74) is 6.18. The molecule has 1 aromatic rings. The quantitative estimate of drug-likeness (QED) is 0.681. The van der Waals surface area contributed by atoms with Gasteiger partial charge in [-0.05, 0) is 6.42 Å². The van der Waals surface area contributed by atoms with Crippen LogP contribution in [-0.4, -0.2) is 29.8 Å². The first-order chi connectivity index (χ1) is 7.33. The summed E-state index contributed by atoms with van der Waals surface area (Å²) in [6, 6.07) is 0. The molecule has 0 aliphatic heterocycles. The van der Waals surface area contributed by atoms with E-state index in [4.69, 9.17) is 15.2 Å². The van der Waals surface area contributed by atoms with Crippen molar-refractivity contribution in [2.45, 2.75) is 20.0 Å². The van der Waals surface area contributed by atoms with Crippen LogP contribution in [-0.2, 0) is 16.1 Å². The molecule has 0 radical (unpaired) electrons. The molecular formula is C10H17N3O2. The second-order valence-electron chi connectivity index (χ2n) is 3.10. The summed E-state index contributed by atoms with van der Waals surface area (Å²) in [7, 11) is 0. The van der Waals surface area contributed by atoms with Crippen molar-refractivity contribution in [3.8, 4) is 0 Å². The molecule has 15 heavy (non-hydrogen) atoms. The zero-order chi connectivity index (χ0) is 10.9. The summed E-state index contributed by atoms with van der Waals surface area (Å²) < 4.78 is 10.6. The molecule has 0 saturated heterocycles. The molecule has 0 unspecified atom stereocenters.